The molecule has 2 heterocycles. The molecular formula is C22H24N4OS. The lowest BCUT2D eigenvalue weighted by molar-refractivity contribution is 0.0766. The number of hydrogen-bond donors (Lipinski definition) is 2. The predicted molar refractivity (Wildman–Crippen MR) is 112 cm³/mol. The van der Waals surface area contributed by atoms with Crippen molar-refractivity contribution in [2.45, 2.75) is 12.5 Å². The van der Waals surface area contributed by atoms with Crippen LogP contribution in [0.1, 0.15) is 32.7 Å². The average Bonchev–Trinajstić information content (AvgIpc) is 3.38. The van der Waals surface area contributed by atoms with Crippen molar-refractivity contribution >= 4 is 17.2 Å². The summed E-state index contributed by atoms with van der Waals surface area (Å²) >= 11 is 1.55. The number of benzene rings is 2. The molecule has 1 aliphatic rings. The quantitative estimate of drug-likeness (QED) is 0.676. The molecule has 4 rings (SSSR count). The molecule has 2 aromatic carbocycles. The largest absolute Gasteiger partial charge is 0.340 e. The van der Waals surface area contributed by atoms with Gasteiger partial charge < -0.3 is 4.90 Å². The Hall–Kier alpha value is -2.54. The molecule has 2 atom stereocenters. The van der Waals surface area contributed by atoms with Gasteiger partial charge in [0.1, 0.15) is 5.69 Å². The van der Waals surface area contributed by atoms with Crippen LogP contribution in [0.4, 0.5) is 0 Å². The molecule has 1 fully saturated rings. The first kappa shape index (κ1) is 18.8. The van der Waals surface area contributed by atoms with E-state index in [0.29, 0.717) is 18.2 Å². The fourth-order valence-corrected chi connectivity index (χ4v) is 4.41. The number of amides is 1. The molecule has 0 spiro atoms. The number of thiazole rings is 1. The second-order valence-electron chi connectivity index (χ2n) is 7.15. The zero-order valence-corrected chi connectivity index (χ0v) is 16.7. The van der Waals surface area contributed by atoms with E-state index in [0.717, 1.165) is 18.0 Å². The van der Waals surface area contributed by atoms with Crippen molar-refractivity contribution in [3.8, 4) is 0 Å². The first-order chi connectivity index (χ1) is 13.7. The van der Waals surface area contributed by atoms with Gasteiger partial charge in [0.25, 0.3) is 5.91 Å². The van der Waals surface area contributed by atoms with E-state index >= 15 is 0 Å². The van der Waals surface area contributed by atoms with Crippen LogP contribution in [0.3, 0.4) is 0 Å². The summed E-state index contributed by atoms with van der Waals surface area (Å²) in [6, 6.07) is 20.8. The number of rotatable bonds is 6. The topological polar surface area (TPSA) is 57.3 Å². The van der Waals surface area contributed by atoms with Gasteiger partial charge in [-0.1, -0.05) is 60.7 Å². The molecule has 1 amide bonds. The Morgan fingerprint density at radius 1 is 1.14 bits per heavy atom. The molecule has 0 radical (unpaired) electrons. The smallest absolute Gasteiger partial charge is 0.273 e. The second kappa shape index (κ2) is 8.65. The summed E-state index contributed by atoms with van der Waals surface area (Å²) in [5.74, 6) is 0.285. The Morgan fingerprint density at radius 3 is 2.61 bits per heavy atom. The normalized spacial score (nSPS) is 18.9. The van der Waals surface area contributed by atoms with Crippen LogP contribution < -0.4 is 10.9 Å². The van der Waals surface area contributed by atoms with Crippen LogP contribution in [0.2, 0.25) is 0 Å². The van der Waals surface area contributed by atoms with Crippen LogP contribution in [-0.2, 0) is 6.42 Å². The van der Waals surface area contributed by atoms with E-state index in [1.807, 2.05) is 48.8 Å². The highest BCUT2D eigenvalue weighted by Crippen LogP contribution is 2.25. The maximum atomic E-state index is 12.9. The highest BCUT2D eigenvalue weighted by atomic mass is 32.1. The third-order valence-corrected chi connectivity index (χ3v) is 5.92. The number of carbonyl (C=O) groups excluding carboxylic acids is 1. The lowest BCUT2D eigenvalue weighted by atomic mass is 9.94. The van der Waals surface area contributed by atoms with Gasteiger partial charge in [-0.25, -0.2) is 10.4 Å². The first-order valence-corrected chi connectivity index (χ1v) is 10.4. The van der Waals surface area contributed by atoms with Crippen molar-refractivity contribution in [1.29, 1.82) is 0 Å². The molecule has 0 aliphatic carbocycles. The van der Waals surface area contributed by atoms with E-state index in [-0.39, 0.29) is 11.9 Å². The average molecular weight is 393 g/mol. The molecular weight excluding hydrogens is 368 g/mol. The summed E-state index contributed by atoms with van der Waals surface area (Å²) in [6.45, 7) is 1.50. The lowest BCUT2D eigenvalue weighted by Crippen LogP contribution is -2.34. The van der Waals surface area contributed by atoms with Crippen LogP contribution in [0, 0.1) is 5.92 Å². The Kier molecular flexibility index (Phi) is 5.81. The van der Waals surface area contributed by atoms with E-state index in [1.165, 1.54) is 11.1 Å². The van der Waals surface area contributed by atoms with Crippen LogP contribution in [0.25, 0.3) is 0 Å². The van der Waals surface area contributed by atoms with Crippen molar-refractivity contribution in [2.24, 2.45) is 5.92 Å². The van der Waals surface area contributed by atoms with Crippen molar-refractivity contribution in [1.82, 2.24) is 20.7 Å². The molecule has 1 aromatic heterocycles. The van der Waals surface area contributed by atoms with E-state index < -0.39 is 0 Å². The van der Waals surface area contributed by atoms with E-state index in [1.54, 1.807) is 16.2 Å². The summed E-state index contributed by atoms with van der Waals surface area (Å²) < 4.78 is 0. The highest BCUT2D eigenvalue weighted by Gasteiger charge is 2.30. The Morgan fingerprint density at radius 2 is 1.86 bits per heavy atom. The van der Waals surface area contributed by atoms with Gasteiger partial charge in [-0.2, -0.15) is 0 Å². The SMILES string of the molecule is CN(CC1CNNC1c1ccccc1)C(=O)c1csc(Cc2ccccc2)n1. The van der Waals surface area contributed by atoms with E-state index in [9.17, 15) is 4.79 Å². The summed E-state index contributed by atoms with van der Waals surface area (Å²) in [5, 5.41) is 2.84. The minimum Gasteiger partial charge on any atom is -0.340 e. The number of nitrogens with one attached hydrogen (secondary N) is 2. The molecule has 144 valence electrons. The van der Waals surface area contributed by atoms with Gasteiger partial charge in [0.05, 0.1) is 11.0 Å². The minimum absolute atomic E-state index is 0.0192. The Labute approximate surface area is 169 Å². The van der Waals surface area contributed by atoms with E-state index in [2.05, 4.69) is 40.1 Å². The van der Waals surface area contributed by atoms with Crippen molar-refractivity contribution in [3.63, 3.8) is 0 Å². The number of aromatic nitrogens is 1. The highest BCUT2D eigenvalue weighted by molar-refractivity contribution is 7.09. The maximum Gasteiger partial charge on any atom is 0.273 e. The zero-order chi connectivity index (χ0) is 19.3. The standard InChI is InChI=1S/C22H24N4OS/c1-26(14-18-13-23-25-21(18)17-10-6-3-7-11-17)22(27)19-15-28-20(24-19)12-16-8-4-2-5-9-16/h2-11,15,18,21,23,25H,12-14H2,1H3. The zero-order valence-electron chi connectivity index (χ0n) is 15.8. The molecule has 3 aromatic rings. The molecule has 2 unspecified atom stereocenters. The summed E-state index contributed by atoms with van der Waals surface area (Å²) in [6.07, 6.45) is 0.759. The fraction of sp³-hybridized carbons (Fsp3) is 0.273. The molecule has 2 N–H and O–H groups in total. The number of hydrogen-bond acceptors (Lipinski definition) is 5. The maximum absolute atomic E-state index is 12.9. The summed E-state index contributed by atoms with van der Waals surface area (Å²) in [7, 11) is 1.86. The number of hydrazine groups is 1. The Bertz CT molecular complexity index is 913. The molecule has 1 aliphatic heterocycles. The molecule has 6 heteroatoms. The predicted octanol–water partition coefficient (Wildman–Crippen LogP) is 3.27. The second-order valence-corrected chi connectivity index (χ2v) is 8.09. The van der Waals surface area contributed by atoms with Gasteiger partial charge in [0.15, 0.2) is 0 Å². The lowest BCUT2D eigenvalue weighted by Gasteiger charge is -2.24. The number of nitrogens with zero attached hydrogens (tertiary/aromatic N) is 2. The van der Waals surface area contributed by atoms with Gasteiger partial charge in [0.2, 0.25) is 0 Å². The van der Waals surface area contributed by atoms with E-state index in [4.69, 9.17) is 0 Å². The van der Waals surface area contributed by atoms with Crippen LogP contribution in [0.5, 0.6) is 0 Å². The molecule has 0 bridgehead atoms. The first-order valence-electron chi connectivity index (χ1n) is 9.48. The van der Waals surface area contributed by atoms with Gasteiger partial charge in [0, 0.05) is 37.9 Å². The van der Waals surface area contributed by atoms with Crippen molar-refractivity contribution in [3.05, 3.63) is 87.9 Å². The van der Waals surface area contributed by atoms with Crippen molar-refractivity contribution in [2.75, 3.05) is 20.1 Å². The summed E-state index contributed by atoms with van der Waals surface area (Å²) in [4.78, 5) is 19.2. The van der Waals surface area contributed by atoms with Gasteiger partial charge >= 0.3 is 0 Å². The molecule has 0 saturated carbocycles. The van der Waals surface area contributed by atoms with Gasteiger partial charge in [-0.3, -0.25) is 10.2 Å². The van der Waals surface area contributed by atoms with Crippen LogP contribution >= 0.6 is 11.3 Å². The molecule has 28 heavy (non-hydrogen) atoms. The van der Waals surface area contributed by atoms with Gasteiger partial charge in [-0.15, -0.1) is 11.3 Å². The fourth-order valence-electron chi connectivity index (χ4n) is 3.61. The Balaban J connectivity index is 1.39. The molecule has 5 nitrogen and oxygen atoms in total. The van der Waals surface area contributed by atoms with Crippen LogP contribution in [-0.4, -0.2) is 35.9 Å². The minimum atomic E-state index is -0.0192. The molecule has 1 saturated heterocycles. The monoisotopic (exact) mass is 392 g/mol. The van der Waals surface area contributed by atoms with Crippen LogP contribution in [0.15, 0.2) is 66.0 Å². The number of carbonyl (C=O) groups is 1. The third-order valence-electron chi connectivity index (χ3n) is 5.08. The van der Waals surface area contributed by atoms with Gasteiger partial charge in [-0.05, 0) is 11.1 Å². The third kappa shape index (κ3) is 4.30. The van der Waals surface area contributed by atoms with Crippen molar-refractivity contribution < 1.29 is 4.79 Å². The summed E-state index contributed by atoms with van der Waals surface area (Å²) in [5.41, 5.74) is 9.55.